The van der Waals surface area contributed by atoms with E-state index < -0.39 is 0 Å². The van der Waals surface area contributed by atoms with Crippen LogP contribution in [-0.2, 0) is 16.6 Å². The molecule has 0 atom stereocenters. The van der Waals surface area contributed by atoms with E-state index in [-0.39, 0.29) is 11.4 Å². The molecule has 1 aliphatic rings. The minimum Gasteiger partial charge on any atom is -0.378 e. The van der Waals surface area contributed by atoms with Crippen molar-refractivity contribution in [3.05, 3.63) is 48.0 Å². The molecule has 1 fully saturated rings. The predicted molar refractivity (Wildman–Crippen MR) is 108 cm³/mol. The van der Waals surface area contributed by atoms with Gasteiger partial charge in [-0.05, 0) is 17.5 Å². The van der Waals surface area contributed by atoms with E-state index in [9.17, 15) is 0 Å². The van der Waals surface area contributed by atoms with Crippen LogP contribution in [0.4, 0.5) is 11.9 Å². The van der Waals surface area contributed by atoms with Gasteiger partial charge in [0.25, 0.3) is 0 Å². The minimum atomic E-state index is -0.321. The first-order valence-corrected chi connectivity index (χ1v) is 9.45. The lowest BCUT2D eigenvalue weighted by Gasteiger charge is -2.29. The van der Waals surface area contributed by atoms with Crippen molar-refractivity contribution < 1.29 is 4.74 Å². The van der Waals surface area contributed by atoms with Crippen LogP contribution in [-0.4, -0.2) is 51.5 Å². The molecule has 1 saturated heterocycles. The second-order valence-electron chi connectivity index (χ2n) is 7.62. The zero-order chi connectivity index (χ0) is 19.6. The molecule has 2 aromatic heterocycles. The topological polar surface area (TPSA) is 106 Å². The number of morpholine rings is 1. The fraction of sp³-hybridized carbons (Fsp3) is 0.400. The summed E-state index contributed by atoms with van der Waals surface area (Å²) in [5.74, 6) is 1.58. The molecular formula is C20H25N7O. The van der Waals surface area contributed by atoms with Gasteiger partial charge in [-0.25, -0.2) is 0 Å². The molecule has 8 heteroatoms. The van der Waals surface area contributed by atoms with Crippen molar-refractivity contribution in [3.8, 4) is 11.1 Å². The molecule has 4 rings (SSSR count). The number of hydrogen-bond acceptors (Lipinski definition) is 7. The molecular weight excluding hydrogens is 354 g/mol. The maximum absolute atomic E-state index is 6.03. The smallest absolute Gasteiger partial charge is 0.230 e. The summed E-state index contributed by atoms with van der Waals surface area (Å²) >= 11 is 0. The Morgan fingerprint density at radius 1 is 1.14 bits per heavy atom. The van der Waals surface area contributed by atoms with Gasteiger partial charge >= 0.3 is 0 Å². The fourth-order valence-electron chi connectivity index (χ4n) is 3.50. The number of nitrogens with two attached hydrogens (primary N) is 1. The van der Waals surface area contributed by atoms with Gasteiger partial charge < -0.3 is 15.4 Å². The van der Waals surface area contributed by atoms with E-state index in [1.165, 1.54) is 5.56 Å². The first-order chi connectivity index (χ1) is 13.5. The Balaban J connectivity index is 1.65. The van der Waals surface area contributed by atoms with Crippen molar-refractivity contribution in [1.29, 1.82) is 0 Å². The standard InChI is InChI=1S/C20H25N7O/c1-20(2,11-14-5-3-4-6-16(14)15-12-22-23-13-15)17-24-18(21)26-19(25-17)27-7-9-28-10-8-27/h3-6,12-13H,7-11H2,1-2H3,(H,22,23)(H2,21,24,25,26). The lowest BCUT2D eigenvalue weighted by molar-refractivity contribution is 0.122. The molecule has 0 aliphatic carbocycles. The van der Waals surface area contributed by atoms with Gasteiger partial charge in [-0.2, -0.15) is 20.1 Å². The number of aromatic amines is 1. The number of H-pyrrole nitrogens is 1. The summed E-state index contributed by atoms with van der Waals surface area (Å²) in [6.45, 7) is 7.12. The van der Waals surface area contributed by atoms with Crippen molar-refractivity contribution in [1.82, 2.24) is 25.1 Å². The van der Waals surface area contributed by atoms with Crippen molar-refractivity contribution in [2.75, 3.05) is 36.9 Å². The van der Waals surface area contributed by atoms with Crippen LogP contribution in [0.1, 0.15) is 25.2 Å². The average molecular weight is 379 g/mol. The third kappa shape index (κ3) is 3.82. The Morgan fingerprint density at radius 3 is 2.68 bits per heavy atom. The summed E-state index contributed by atoms with van der Waals surface area (Å²) in [6.07, 6.45) is 4.51. The molecule has 1 aromatic carbocycles. The average Bonchev–Trinajstić information content (AvgIpc) is 3.23. The molecule has 3 heterocycles. The van der Waals surface area contributed by atoms with E-state index in [0.717, 1.165) is 30.6 Å². The first-order valence-electron chi connectivity index (χ1n) is 9.45. The molecule has 0 radical (unpaired) electrons. The molecule has 8 nitrogen and oxygen atoms in total. The maximum Gasteiger partial charge on any atom is 0.230 e. The van der Waals surface area contributed by atoms with Crippen molar-refractivity contribution in [2.45, 2.75) is 25.7 Å². The summed E-state index contributed by atoms with van der Waals surface area (Å²) in [5, 5.41) is 6.97. The van der Waals surface area contributed by atoms with Gasteiger partial charge in [-0.15, -0.1) is 0 Å². The van der Waals surface area contributed by atoms with Gasteiger partial charge in [-0.1, -0.05) is 38.1 Å². The van der Waals surface area contributed by atoms with Crippen LogP contribution in [0, 0.1) is 0 Å². The fourth-order valence-corrected chi connectivity index (χ4v) is 3.50. The van der Waals surface area contributed by atoms with Gasteiger partial charge in [0, 0.05) is 30.3 Å². The van der Waals surface area contributed by atoms with E-state index in [0.29, 0.717) is 25.0 Å². The zero-order valence-electron chi connectivity index (χ0n) is 16.2. The largest absolute Gasteiger partial charge is 0.378 e. The third-order valence-electron chi connectivity index (χ3n) is 5.00. The second kappa shape index (κ2) is 7.55. The van der Waals surface area contributed by atoms with Crippen LogP contribution in [0.5, 0.6) is 0 Å². The SMILES string of the molecule is CC(C)(Cc1ccccc1-c1cn[nH]c1)c1nc(N)nc(N2CCOCC2)n1. The Kier molecular flexibility index (Phi) is 4.95. The maximum atomic E-state index is 6.03. The van der Waals surface area contributed by atoms with E-state index in [1.807, 2.05) is 18.5 Å². The van der Waals surface area contributed by atoms with Gasteiger partial charge in [0.15, 0.2) is 0 Å². The van der Waals surface area contributed by atoms with Crippen molar-refractivity contribution >= 4 is 11.9 Å². The number of nitrogen functional groups attached to an aromatic ring is 1. The number of aromatic nitrogens is 5. The lowest BCUT2D eigenvalue weighted by Crippen LogP contribution is -2.38. The highest BCUT2D eigenvalue weighted by atomic mass is 16.5. The summed E-state index contributed by atoms with van der Waals surface area (Å²) in [6, 6.07) is 8.33. The molecule has 3 N–H and O–H groups in total. The number of ether oxygens (including phenoxy) is 1. The van der Waals surface area contributed by atoms with Crippen LogP contribution < -0.4 is 10.6 Å². The van der Waals surface area contributed by atoms with Gasteiger partial charge in [0.1, 0.15) is 5.82 Å². The molecule has 1 aliphatic heterocycles. The Labute approximate surface area is 164 Å². The number of anilines is 2. The highest BCUT2D eigenvalue weighted by Crippen LogP contribution is 2.31. The molecule has 3 aromatic rings. The van der Waals surface area contributed by atoms with Gasteiger partial charge in [0.05, 0.1) is 19.4 Å². The lowest BCUT2D eigenvalue weighted by atomic mass is 9.82. The first kappa shape index (κ1) is 18.4. The number of hydrogen-bond donors (Lipinski definition) is 2. The molecule has 0 bridgehead atoms. The molecule has 0 unspecified atom stereocenters. The van der Waals surface area contributed by atoms with Crippen LogP contribution >= 0.6 is 0 Å². The van der Waals surface area contributed by atoms with Gasteiger partial charge in [0.2, 0.25) is 11.9 Å². The van der Waals surface area contributed by atoms with E-state index in [4.69, 9.17) is 15.5 Å². The van der Waals surface area contributed by atoms with E-state index >= 15 is 0 Å². The Bertz CT molecular complexity index is 933. The second-order valence-corrected chi connectivity index (χ2v) is 7.62. The molecule has 28 heavy (non-hydrogen) atoms. The van der Waals surface area contributed by atoms with Crippen LogP contribution in [0.15, 0.2) is 36.7 Å². The highest BCUT2D eigenvalue weighted by molar-refractivity contribution is 5.66. The minimum absolute atomic E-state index is 0.252. The summed E-state index contributed by atoms with van der Waals surface area (Å²) in [4.78, 5) is 15.7. The predicted octanol–water partition coefficient (Wildman–Crippen LogP) is 2.20. The molecule has 146 valence electrons. The van der Waals surface area contributed by atoms with E-state index in [1.54, 1.807) is 0 Å². The monoisotopic (exact) mass is 379 g/mol. The van der Waals surface area contributed by atoms with E-state index in [2.05, 4.69) is 57.1 Å². The van der Waals surface area contributed by atoms with Crippen LogP contribution in [0.25, 0.3) is 11.1 Å². The quantitative estimate of drug-likeness (QED) is 0.700. The highest BCUT2D eigenvalue weighted by Gasteiger charge is 2.28. The summed E-state index contributed by atoms with van der Waals surface area (Å²) in [7, 11) is 0. The van der Waals surface area contributed by atoms with Crippen molar-refractivity contribution in [3.63, 3.8) is 0 Å². The Morgan fingerprint density at radius 2 is 1.93 bits per heavy atom. The van der Waals surface area contributed by atoms with Gasteiger partial charge in [-0.3, -0.25) is 5.10 Å². The Hall–Kier alpha value is -3.00. The third-order valence-corrected chi connectivity index (χ3v) is 5.00. The number of rotatable bonds is 5. The summed E-state index contributed by atoms with van der Waals surface area (Å²) < 4.78 is 5.42. The molecule has 0 amide bonds. The normalized spacial score (nSPS) is 15.0. The van der Waals surface area contributed by atoms with Crippen molar-refractivity contribution in [2.24, 2.45) is 0 Å². The number of benzene rings is 1. The molecule has 0 spiro atoms. The molecule has 0 saturated carbocycles. The van der Waals surface area contributed by atoms with Crippen LogP contribution in [0.2, 0.25) is 0 Å². The zero-order valence-corrected chi connectivity index (χ0v) is 16.2. The number of nitrogens with one attached hydrogen (secondary N) is 1. The number of nitrogens with zero attached hydrogens (tertiary/aromatic N) is 5. The van der Waals surface area contributed by atoms with Crippen LogP contribution in [0.3, 0.4) is 0 Å². The summed E-state index contributed by atoms with van der Waals surface area (Å²) in [5.41, 5.74) is 9.14.